The molecule has 1 saturated carbocycles. The van der Waals surface area contributed by atoms with E-state index in [1.54, 1.807) is 7.11 Å². The molecule has 1 aromatic rings. The van der Waals surface area contributed by atoms with Crippen LogP contribution in [0.3, 0.4) is 0 Å². The highest BCUT2D eigenvalue weighted by Crippen LogP contribution is 2.35. The Balaban J connectivity index is 1.99. The number of hydrogen-bond donors (Lipinski definition) is 0. The van der Waals surface area contributed by atoms with Crippen molar-refractivity contribution in [2.24, 2.45) is 0 Å². The molecule has 1 aromatic carbocycles. The third-order valence-electron chi connectivity index (χ3n) is 4.02. The second-order valence-corrected chi connectivity index (χ2v) is 5.54. The standard InChI is InChI=1S/C17H24O4/c1-19-13-5-6-14-7-9-15(10-8-14)21-17(16(18)20-2)11-3-4-12-17/h7-10H,3-6,11-13H2,1-2H3. The fraction of sp³-hybridized carbons (Fsp3) is 0.588. The summed E-state index contributed by atoms with van der Waals surface area (Å²) in [4.78, 5) is 12.0. The van der Waals surface area contributed by atoms with Crippen molar-refractivity contribution >= 4 is 5.97 Å². The first-order chi connectivity index (χ1) is 10.2. The number of esters is 1. The van der Waals surface area contributed by atoms with E-state index in [9.17, 15) is 4.79 Å². The molecule has 116 valence electrons. The molecule has 2 rings (SSSR count). The first-order valence-electron chi connectivity index (χ1n) is 7.55. The number of aryl methyl sites for hydroxylation is 1. The van der Waals surface area contributed by atoms with Crippen LogP contribution in [0.5, 0.6) is 5.75 Å². The van der Waals surface area contributed by atoms with Gasteiger partial charge in [0.1, 0.15) is 5.75 Å². The van der Waals surface area contributed by atoms with Crippen LogP contribution in [-0.2, 0) is 20.7 Å². The number of benzene rings is 1. The Morgan fingerprint density at radius 1 is 1.14 bits per heavy atom. The van der Waals surface area contributed by atoms with Gasteiger partial charge in [0.2, 0.25) is 5.60 Å². The van der Waals surface area contributed by atoms with Crippen molar-refractivity contribution < 1.29 is 19.0 Å². The number of carbonyl (C=O) groups is 1. The molecule has 0 amide bonds. The minimum atomic E-state index is -0.785. The number of hydrogen-bond acceptors (Lipinski definition) is 4. The highest BCUT2D eigenvalue weighted by atomic mass is 16.6. The van der Waals surface area contributed by atoms with Crippen LogP contribution in [0, 0.1) is 0 Å². The lowest BCUT2D eigenvalue weighted by atomic mass is 10.0. The maximum absolute atomic E-state index is 12.0. The van der Waals surface area contributed by atoms with E-state index in [4.69, 9.17) is 14.2 Å². The molecule has 0 aromatic heterocycles. The molecule has 0 N–H and O–H groups in total. The summed E-state index contributed by atoms with van der Waals surface area (Å²) < 4.78 is 16.0. The quantitative estimate of drug-likeness (QED) is 0.572. The maximum Gasteiger partial charge on any atom is 0.350 e. The molecular formula is C17H24O4. The van der Waals surface area contributed by atoms with Crippen molar-refractivity contribution in [2.45, 2.75) is 44.1 Å². The molecule has 4 heteroatoms. The molecule has 0 unspecified atom stereocenters. The van der Waals surface area contributed by atoms with E-state index in [0.717, 1.165) is 50.9 Å². The van der Waals surface area contributed by atoms with Crippen LogP contribution < -0.4 is 4.74 Å². The zero-order chi connectivity index (χ0) is 15.1. The smallest absolute Gasteiger partial charge is 0.350 e. The Morgan fingerprint density at radius 3 is 2.38 bits per heavy atom. The van der Waals surface area contributed by atoms with E-state index in [2.05, 4.69) is 0 Å². The van der Waals surface area contributed by atoms with Crippen LogP contribution >= 0.6 is 0 Å². The Labute approximate surface area is 126 Å². The van der Waals surface area contributed by atoms with Crippen LogP contribution in [0.1, 0.15) is 37.7 Å². The maximum atomic E-state index is 12.0. The van der Waals surface area contributed by atoms with Crippen molar-refractivity contribution in [2.75, 3.05) is 20.8 Å². The lowest BCUT2D eigenvalue weighted by Crippen LogP contribution is -2.42. The van der Waals surface area contributed by atoms with Crippen LogP contribution in [0.4, 0.5) is 0 Å². The van der Waals surface area contributed by atoms with Gasteiger partial charge in [0, 0.05) is 13.7 Å². The molecular weight excluding hydrogens is 268 g/mol. The Morgan fingerprint density at radius 2 is 1.81 bits per heavy atom. The van der Waals surface area contributed by atoms with Gasteiger partial charge in [-0.1, -0.05) is 12.1 Å². The number of rotatable bonds is 7. The van der Waals surface area contributed by atoms with Crippen LogP contribution in [0.25, 0.3) is 0 Å². The fourth-order valence-electron chi connectivity index (χ4n) is 2.85. The van der Waals surface area contributed by atoms with Gasteiger partial charge in [0.25, 0.3) is 0 Å². The number of carbonyl (C=O) groups excluding carboxylic acids is 1. The molecule has 0 radical (unpaired) electrons. The summed E-state index contributed by atoms with van der Waals surface area (Å²) in [6, 6.07) is 7.96. The summed E-state index contributed by atoms with van der Waals surface area (Å²) in [5.41, 5.74) is 0.463. The number of ether oxygens (including phenoxy) is 3. The topological polar surface area (TPSA) is 44.8 Å². The predicted octanol–water partition coefficient (Wildman–Crippen LogP) is 3.13. The van der Waals surface area contributed by atoms with E-state index < -0.39 is 5.60 Å². The third-order valence-corrected chi connectivity index (χ3v) is 4.02. The van der Waals surface area contributed by atoms with Gasteiger partial charge in [0.15, 0.2) is 0 Å². The highest BCUT2D eigenvalue weighted by molar-refractivity contribution is 5.80. The fourth-order valence-corrected chi connectivity index (χ4v) is 2.85. The minimum Gasteiger partial charge on any atom is -0.476 e. The summed E-state index contributed by atoms with van der Waals surface area (Å²) in [5, 5.41) is 0. The summed E-state index contributed by atoms with van der Waals surface area (Å²) in [6.07, 6.45) is 5.46. The van der Waals surface area contributed by atoms with E-state index in [0.29, 0.717) is 0 Å². The third kappa shape index (κ3) is 3.97. The molecule has 4 nitrogen and oxygen atoms in total. The van der Waals surface area contributed by atoms with Gasteiger partial charge in [-0.05, 0) is 56.2 Å². The highest BCUT2D eigenvalue weighted by Gasteiger charge is 2.44. The largest absolute Gasteiger partial charge is 0.476 e. The van der Waals surface area contributed by atoms with Crippen LogP contribution in [0.15, 0.2) is 24.3 Å². The van der Waals surface area contributed by atoms with E-state index in [-0.39, 0.29) is 5.97 Å². The Hall–Kier alpha value is -1.55. The second-order valence-electron chi connectivity index (χ2n) is 5.54. The molecule has 21 heavy (non-hydrogen) atoms. The molecule has 0 aliphatic heterocycles. The average Bonchev–Trinajstić information content (AvgIpc) is 2.98. The molecule has 0 saturated heterocycles. The van der Waals surface area contributed by atoms with Gasteiger partial charge in [-0.25, -0.2) is 4.79 Å². The summed E-state index contributed by atoms with van der Waals surface area (Å²) in [5.74, 6) is 0.474. The lowest BCUT2D eigenvalue weighted by molar-refractivity contribution is -0.158. The molecule has 0 bridgehead atoms. The Kier molecular flexibility index (Phi) is 5.62. The van der Waals surface area contributed by atoms with E-state index in [1.165, 1.54) is 12.7 Å². The molecule has 0 atom stereocenters. The first kappa shape index (κ1) is 15.8. The van der Waals surface area contributed by atoms with Crippen molar-refractivity contribution in [1.82, 2.24) is 0 Å². The van der Waals surface area contributed by atoms with E-state index >= 15 is 0 Å². The van der Waals surface area contributed by atoms with Crippen LogP contribution in [0.2, 0.25) is 0 Å². The van der Waals surface area contributed by atoms with Gasteiger partial charge in [-0.2, -0.15) is 0 Å². The molecule has 1 aliphatic carbocycles. The van der Waals surface area contributed by atoms with Gasteiger partial charge in [0.05, 0.1) is 7.11 Å². The van der Waals surface area contributed by atoms with E-state index in [1.807, 2.05) is 24.3 Å². The van der Waals surface area contributed by atoms with Gasteiger partial charge in [-0.15, -0.1) is 0 Å². The summed E-state index contributed by atoms with van der Waals surface area (Å²) >= 11 is 0. The summed E-state index contributed by atoms with van der Waals surface area (Å²) in [6.45, 7) is 0.768. The zero-order valence-corrected chi connectivity index (χ0v) is 12.9. The zero-order valence-electron chi connectivity index (χ0n) is 12.9. The molecule has 1 fully saturated rings. The summed E-state index contributed by atoms with van der Waals surface area (Å²) in [7, 11) is 3.13. The van der Waals surface area contributed by atoms with Gasteiger partial charge >= 0.3 is 5.97 Å². The SMILES string of the molecule is COCCCc1ccc(OC2(C(=O)OC)CCCC2)cc1. The van der Waals surface area contributed by atoms with Gasteiger partial charge in [-0.3, -0.25) is 0 Å². The second kappa shape index (κ2) is 7.46. The van der Waals surface area contributed by atoms with Gasteiger partial charge < -0.3 is 14.2 Å². The lowest BCUT2D eigenvalue weighted by Gasteiger charge is -2.27. The normalized spacial score (nSPS) is 16.7. The first-order valence-corrected chi connectivity index (χ1v) is 7.55. The average molecular weight is 292 g/mol. The molecule has 1 aliphatic rings. The number of methoxy groups -OCH3 is 2. The molecule has 0 spiro atoms. The van der Waals surface area contributed by atoms with Crippen LogP contribution in [-0.4, -0.2) is 32.4 Å². The predicted molar refractivity (Wildman–Crippen MR) is 80.5 cm³/mol. The van der Waals surface area contributed by atoms with Crippen molar-refractivity contribution in [3.8, 4) is 5.75 Å². The minimum absolute atomic E-state index is 0.260. The van der Waals surface area contributed by atoms with Crippen molar-refractivity contribution in [3.63, 3.8) is 0 Å². The monoisotopic (exact) mass is 292 g/mol. The Bertz CT molecular complexity index is 446. The van der Waals surface area contributed by atoms with Crippen molar-refractivity contribution in [3.05, 3.63) is 29.8 Å². The van der Waals surface area contributed by atoms with Crippen molar-refractivity contribution in [1.29, 1.82) is 0 Å². The molecule has 0 heterocycles.